The van der Waals surface area contributed by atoms with Crippen LogP contribution >= 0.6 is 15.9 Å². The van der Waals surface area contributed by atoms with Gasteiger partial charge in [0.25, 0.3) is 0 Å². The molecule has 3 nitrogen and oxygen atoms in total. The van der Waals surface area contributed by atoms with Crippen LogP contribution in [0.15, 0.2) is 52.5 Å². The third kappa shape index (κ3) is 5.34. The fourth-order valence-electron chi connectivity index (χ4n) is 6.25. The first-order chi connectivity index (χ1) is 14.5. The van der Waals surface area contributed by atoms with Crippen molar-refractivity contribution >= 4 is 21.8 Å². The first-order valence-corrected chi connectivity index (χ1v) is 12.4. The molecule has 2 saturated carbocycles. The summed E-state index contributed by atoms with van der Waals surface area (Å²) < 4.78 is 1.02. The zero-order valence-corrected chi connectivity index (χ0v) is 21.1. The number of benzene rings is 1. The minimum Gasteiger partial charge on any atom is -0.393 e. The van der Waals surface area contributed by atoms with Crippen molar-refractivity contribution in [3.05, 3.63) is 58.1 Å². The lowest BCUT2D eigenvalue weighted by atomic mass is 9.46. The average molecular weight is 489 g/mol. The summed E-state index contributed by atoms with van der Waals surface area (Å²) in [5, 5.41) is 13.6. The van der Waals surface area contributed by atoms with Crippen LogP contribution in [0.4, 0.5) is 0 Å². The number of nitrogens with one attached hydrogen (secondary N) is 1. The van der Waals surface area contributed by atoms with E-state index >= 15 is 0 Å². The van der Waals surface area contributed by atoms with Gasteiger partial charge in [-0.3, -0.25) is 4.79 Å². The highest BCUT2D eigenvalue weighted by atomic mass is 79.9. The molecule has 1 aromatic rings. The number of aliphatic hydroxyl groups excluding tert-OH is 1. The van der Waals surface area contributed by atoms with Crippen LogP contribution < -0.4 is 5.32 Å². The van der Waals surface area contributed by atoms with Gasteiger partial charge in [0.15, 0.2) is 0 Å². The second-order valence-corrected chi connectivity index (χ2v) is 11.5. The van der Waals surface area contributed by atoms with Crippen molar-refractivity contribution in [2.24, 2.45) is 22.7 Å². The molecule has 2 N–H and O–H groups in total. The Bertz CT molecular complexity index is 859. The summed E-state index contributed by atoms with van der Waals surface area (Å²) in [6.45, 7) is 13.9. The second kappa shape index (κ2) is 9.62. The van der Waals surface area contributed by atoms with Gasteiger partial charge >= 0.3 is 0 Å². The lowest BCUT2D eigenvalue weighted by Crippen LogP contribution is -2.54. The molecule has 0 bridgehead atoms. The van der Waals surface area contributed by atoms with E-state index in [1.807, 2.05) is 24.3 Å². The molecule has 2 aliphatic carbocycles. The van der Waals surface area contributed by atoms with Gasteiger partial charge in [-0.2, -0.15) is 0 Å². The minimum absolute atomic E-state index is 0.0362. The molecule has 3 rings (SSSR count). The summed E-state index contributed by atoms with van der Waals surface area (Å²) in [7, 11) is 0. The molecule has 0 heterocycles. The van der Waals surface area contributed by atoms with E-state index in [0.717, 1.165) is 54.1 Å². The molecular formula is C27H38BrNO2. The van der Waals surface area contributed by atoms with Crippen LogP contribution in [0.2, 0.25) is 0 Å². The van der Waals surface area contributed by atoms with Crippen molar-refractivity contribution in [1.29, 1.82) is 0 Å². The smallest absolute Gasteiger partial charge is 0.244 e. The number of hydrogen-bond donors (Lipinski definition) is 2. The Hall–Kier alpha value is -1.39. The van der Waals surface area contributed by atoms with E-state index in [4.69, 9.17) is 0 Å². The van der Waals surface area contributed by atoms with Crippen LogP contribution in [0.1, 0.15) is 71.8 Å². The van der Waals surface area contributed by atoms with Crippen molar-refractivity contribution < 1.29 is 9.90 Å². The molecule has 0 aliphatic heterocycles. The van der Waals surface area contributed by atoms with Crippen LogP contribution in [-0.4, -0.2) is 17.1 Å². The normalized spacial score (nSPS) is 30.6. The fraction of sp³-hybridized carbons (Fsp3) is 0.593. The van der Waals surface area contributed by atoms with E-state index in [9.17, 15) is 9.90 Å². The SMILES string of the molecule is C=C1CC[C@@H]2C(C)(C)[C@H](O)CC[C@@]2(C)[C@@H]1CC/C(C)=C/C(=O)NCc1cccc(Br)c1. The largest absolute Gasteiger partial charge is 0.393 e. The van der Waals surface area contributed by atoms with Gasteiger partial charge in [-0.05, 0) is 85.8 Å². The topological polar surface area (TPSA) is 49.3 Å². The average Bonchev–Trinajstić information content (AvgIpc) is 2.69. The molecule has 0 radical (unpaired) electrons. The molecule has 0 saturated heterocycles. The van der Waals surface area contributed by atoms with E-state index in [-0.39, 0.29) is 22.8 Å². The molecule has 0 unspecified atom stereocenters. The molecular weight excluding hydrogens is 450 g/mol. The number of halogens is 1. The lowest BCUT2D eigenvalue weighted by Gasteiger charge is -2.59. The number of amides is 1. The van der Waals surface area contributed by atoms with Gasteiger partial charge in [0.1, 0.15) is 0 Å². The maximum atomic E-state index is 12.4. The van der Waals surface area contributed by atoms with E-state index < -0.39 is 0 Å². The van der Waals surface area contributed by atoms with Crippen molar-refractivity contribution in [1.82, 2.24) is 5.32 Å². The highest BCUT2D eigenvalue weighted by Crippen LogP contribution is 2.61. The second-order valence-electron chi connectivity index (χ2n) is 10.6. The molecule has 2 fully saturated rings. The van der Waals surface area contributed by atoms with Crippen LogP contribution in [0.3, 0.4) is 0 Å². The molecule has 1 aromatic carbocycles. The van der Waals surface area contributed by atoms with Crippen LogP contribution in [0.5, 0.6) is 0 Å². The fourth-order valence-corrected chi connectivity index (χ4v) is 6.70. The Morgan fingerprint density at radius 3 is 2.77 bits per heavy atom. The molecule has 4 atom stereocenters. The zero-order valence-electron chi connectivity index (χ0n) is 19.5. The number of aliphatic hydroxyl groups is 1. The number of hydrogen-bond acceptors (Lipinski definition) is 2. The third-order valence-corrected chi connectivity index (χ3v) is 8.61. The summed E-state index contributed by atoms with van der Waals surface area (Å²) in [6.07, 6.45) is 7.57. The Kier molecular flexibility index (Phi) is 7.53. The predicted octanol–water partition coefficient (Wildman–Crippen LogP) is 6.56. The molecule has 4 heteroatoms. The Morgan fingerprint density at radius 1 is 1.32 bits per heavy atom. The summed E-state index contributed by atoms with van der Waals surface area (Å²) in [5.41, 5.74) is 3.68. The number of carbonyl (C=O) groups excluding carboxylic acids is 1. The van der Waals surface area contributed by atoms with E-state index in [1.165, 1.54) is 5.57 Å². The highest BCUT2D eigenvalue weighted by Gasteiger charge is 2.55. The molecule has 170 valence electrons. The lowest BCUT2D eigenvalue weighted by molar-refractivity contribution is -0.124. The number of rotatable bonds is 6. The molecule has 1 amide bonds. The van der Waals surface area contributed by atoms with E-state index in [0.29, 0.717) is 18.4 Å². The summed E-state index contributed by atoms with van der Waals surface area (Å²) in [6, 6.07) is 7.98. The molecule has 0 aromatic heterocycles. The van der Waals surface area contributed by atoms with Crippen LogP contribution in [0, 0.1) is 22.7 Å². The van der Waals surface area contributed by atoms with Gasteiger partial charge in [-0.25, -0.2) is 0 Å². The van der Waals surface area contributed by atoms with E-state index in [1.54, 1.807) is 6.08 Å². The van der Waals surface area contributed by atoms with Gasteiger partial charge in [-0.1, -0.05) is 66.6 Å². The third-order valence-electron chi connectivity index (χ3n) is 8.11. The summed E-state index contributed by atoms with van der Waals surface area (Å²) in [4.78, 5) is 12.4. The molecule has 2 aliphatic rings. The zero-order chi connectivity index (χ0) is 22.8. The first-order valence-electron chi connectivity index (χ1n) is 11.6. The minimum atomic E-state index is -0.215. The van der Waals surface area contributed by atoms with Crippen molar-refractivity contribution in [3.8, 4) is 0 Å². The highest BCUT2D eigenvalue weighted by molar-refractivity contribution is 9.10. The van der Waals surface area contributed by atoms with Crippen LogP contribution in [0.25, 0.3) is 0 Å². The van der Waals surface area contributed by atoms with Crippen LogP contribution in [-0.2, 0) is 11.3 Å². The van der Waals surface area contributed by atoms with Crippen molar-refractivity contribution in [3.63, 3.8) is 0 Å². The quantitative estimate of drug-likeness (QED) is 0.352. The van der Waals surface area contributed by atoms with Gasteiger partial charge in [0.2, 0.25) is 5.91 Å². The molecule has 31 heavy (non-hydrogen) atoms. The number of allylic oxidation sites excluding steroid dienone is 2. The summed E-state index contributed by atoms with van der Waals surface area (Å²) in [5.74, 6) is 0.925. The van der Waals surface area contributed by atoms with E-state index in [2.05, 4.69) is 55.5 Å². The maximum absolute atomic E-state index is 12.4. The number of fused-ring (bicyclic) bond motifs is 1. The molecule has 0 spiro atoms. The monoisotopic (exact) mass is 487 g/mol. The van der Waals surface area contributed by atoms with Gasteiger partial charge in [0, 0.05) is 17.1 Å². The van der Waals surface area contributed by atoms with Gasteiger partial charge in [-0.15, -0.1) is 0 Å². The Balaban J connectivity index is 1.60. The number of carbonyl (C=O) groups is 1. The first kappa shape index (κ1) is 24.3. The van der Waals surface area contributed by atoms with Gasteiger partial charge in [0.05, 0.1) is 6.10 Å². The predicted molar refractivity (Wildman–Crippen MR) is 131 cm³/mol. The standard InChI is InChI=1S/C27H38BrNO2/c1-18(15-25(31)29-17-20-7-6-8-21(28)16-20)9-11-22-19(2)10-12-23-26(3,4)24(30)13-14-27(22,23)5/h6-8,15-16,22-24,30H,2,9-14,17H2,1,3-5H3,(H,29,31)/b18-15+/t22-,23-,24-,27+/m1/s1. The van der Waals surface area contributed by atoms with Crippen molar-refractivity contribution in [2.75, 3.05) is 0 Å². The maximum Gasteiger partial charge on any atom is 0.244 e. The Labute approximate surface area is 196 Å². The Morgan fingerprint density at radius 2 is 2.06 bits per heavy atom. The van der Waals surface area contributed by atoms with Crippen molar-refractivity contribution in [2.45, 2.75) is 78.9 Å². The van der Waals surface area contributed by atoms with Gasteiger partial charge < -0.3 is 10.4 Å². The summed E-state index contributed by atoms with van der Waals surface area (Å²) >= 11 is 3.47.